The number of rotatable bonds is 4. The fourth-order valence-electron chi connectivity index (χ4n) is 3.17. The van der Waals surface area contributed by atoms with Crippen molar-refractivity contribution in [1.82, 2.24) is 9.88 Å². The van der Waals surface area contributed by atoms with Crippen molar-refractivity contribution in [2.24, 2.45) is 0 Å². The van der Waals surface area contributed by atoms with Crippen molar-refractivity contribution in [3.63, 3.8) is 0 Å². The Morgan fingerprint density at radius 3 is 2.71 bits per heavy atom. The number of aromatic amines is 1. The van der Waals surface area contributed by atoms with Gasteiger partial charge in [-0.3, -0.25) is 4.79 Å². The second kappa shape index (κ2) is 6.16. The minimum absolute atomic E-state index is 0.109. The number of aromatic carboxylic acids is 1. The van der Waals surface area contributed by atoms with Crippen LogP contribution in [0.5, 0.6) is 5.75 Å². The Hall–Kier alpha value is -2.54. The summed E-state index contributed by atoms with van der Waals surface area (Å²) in [4.78, 5) is 30.9. The van der Waals surface area contributed by atoms with Crippen LogP contribution in [0.25, 0.3) is 10.9 Å². The number of benzene rings is 1. The second-order valence-electron chi connectivity index (χ2n) is 6.27. The van der Waals surface area contributed by atoms with Crippen LogP contribution in [0, 0.1) is 0 Å². The minimum atomic E-state index is -1.15. The Morgan fingerprint density at radius 2 is 2.12 bits per heavy atom. The summed E-state index contributed by atoms with van der Waals surface area (Å²) in [6, 6.07) is 5.02. The standard InChI is InChI=1S/C17H21N3O4/c1-19(2)10-4-5-20(9-10)14-7-11(24-3)6-12-15(21)8-13(17(22)23)18-16(12)14/h6-8,10H,4-5,9H2,1-3H3,(H,18,21)(H,22,23)/t10-/m1/s1. The number of nitrogens with zero attached hydrogens (tertiary/aromatic N) is 2. The molecule has 1 aliphatic heterocycles. The van der Waals surface area contributed by atoms with Crippen LogP contribution in [-0.4, -0.2) is 61.3 Å². The first-order chi connectivity index (χ1) is 11.4. The molecule has 128 valence electrons. The molecule has 0 amide bonds. The van der Waals surface area contributed by atoms with Crippen LogP contribution in [0.4, 0.5) is 5.69 Å². The molecule has 7 nitrogen and oxygen atoms in total. The number of likely N-dealkylation sites (N-methyl/N-ethyl adjacent to an activating group) is 1. The first-order valence-corrected chi connectivity index (χ1v) is 7.80. The van der Waals surface area contributed by atoms with Gasteiger partial charge in [-0.2, -0.15) is 0 Å². The highest BCUT2D eigenvalue weighted by atomic mass is 16.5. The number of hydrogen-bond acceptors (Lipinski definition) is 5. The molecule has 7 heteroatoms. The number of carboxylic acids is 1. The summed E-state index contributed by atoms with van der Waals surface area (Å²) in [6.07, 6.45) is 1.01. The van der Waals surface area contributed by atoms with Crippen LogP contribution in [0.3, 0.4) is 0 Å². The predicted octanol–water partition coefficient (Wildman–Crippen LogP) is 1.38. The molecule has 1 aromatic carbocycles. The molecule has 1 fully saturated rings. The van der Waals surface area contributed by atoms with Crippen molar-refractivity contribution in [2.45, 2.75) is 12.5 Å². The third-order valence-corrected chi connectivity index (χ3v) is 4.59. The SMILES string of the molecule is COc1cc(N2CC[C@@H](N(C)C)C2)c2[nH]c(C(=O)O)cc(=O)c2c1. The average molecular weight is 331 g/mol. The molecule has 0 aliphatic carbocycles. The lowest BCUT2D eigenvalue weighted by Gasteiger charge is -2.23. The van der Waals surface area contributed by atoms with Crippen LogP contribution in [0.1, 0.15) is 16.9 Å². The van der Waals surface area contributed by atoms with E-state index in [1.807, 2.05) is 20.2 Å². The van der Waals surface area contributed by atoms with E-state index in [9.17, 15) is 14.7 Å². The van der Waals surface area contributed by atoms with Gasteiger partial charge in [0, 0.05) is 31.3 Å². The molecule has 1 aromatic heterocycles. The Labute approximate surface area is 139 Å². The molecule has 1 saturated heterocycles. The molecule has 1 aliphatic rings. The maximum atomic E-state index is 12.3. The fraction of sp³-hybridized carbons (Fsp3) is 0.412. The molecule has 0 radical (unpaired) electrons. The summed E-state index contributed by atoms with van der Waals surface area (Å²) in [5, 5.41) is 9.66. The third kappa shape index (κ3) is 2.82. The first-order valence-electron chi connectivity index (χ1n) is 7.80. The van der Waals surface area contributed by atoms with Gasteiger partial charge >= 0.3 is 5.97 Å². The molecular formula is C17H21N3O4. The Kier molecular flexibility index (Phi) is 4.19. The summed E-state index contributed by atoms with van der Waals surface area (Å²) < 4.78 is 5.32. The summed E-state index contributed by atoms with van der Waals surface area (Å²) in [5.41, 5.74) is 0.904. The molecule has 0 bridgehead atoms. The van der Waals surface area contributed by atoms with Crippen LogP contribution in [0.2, 0.25) is 0 Å². The van der Waals surface area contributed by atoms with E-state index in [4.69, 9.17) is 4.74 Å². The highest BCUT2D eigenvalue weighted by Gasteiger charge is 2.26. The molecule has 2 heterocycles. The lowest BCUT2D eigenvalue weighted by Crippen LogP contribution is -2.31. The largest absolute Gasteiger partial charge is 0.497 e. The van der Waals surface area contributed by atoms with Gasteiger partial charge in [-0.15, -0.1) is 0 Å². The first kappa shape index (κ1) is 16.3. The Bertz CT molecular complexity index is 844. The van der Waals surface area contributed by atoms with E-state index in [1.54, 1.807) is 13.2 Å². The van der Waals surface area contributed by atoms with Crippen molar-refractivity contribution in [1.29, 1.82) is 0 Å². The van der Waals surface area contributed by atoms with E-state index < -0.39 is 5.97 Å². The zero-order valence-corrected chi connectivity index (χ0v) is 14.0. The van der Waals surface area contributed by atoms with Gasteiger partial charge in [-0.05, 0) is 26.6 Å². The summed E-state index contributed by atoms with van der Waals surface area (Å²) >= 11 is 0. The molecule has 0 saturated carbocycles. The number of pyridine rings is 1. The monoisotopic (exact) mass is 331 g/mol. The van der Waals surface area contributed by atoms with Gasteiger partial charge in [-0.25, -0.2) is 4.79 Å². The highest BCUT2D eigenvalue weighted by molar-refractivity contribution is 5.96. The Morgan fingerprint density at radius 1 is 1.38 bits per heavy atom. The number of carbonyl (C=O) groups is 1. The number of anilines is 1. The van der Waals surface area contributed by atoms with Gasteiger partial charge in [0.1, 0.15) is 11.4 Å². The highest BCUT2D eigenvalue weighted by Crippen LogP contribution is 2.32. The van der Waals surface area contributed by atoms with E-state index in [2.05, 4.69) is 14.8 Å². The minimum Gasteiger partial charge on any atom is -0.497 e. The van der Waals surface area contributed by atoms with Gasteiger partial charge in [0.15, 0.2) is 5.43 Å². The van der Waals surface area contributed by atoms with Gasteiger partial charge < -0.3 is 24.6 Å². The van der Waals surface area contributed by atoms with Crippen molar-refractivity contribution >= 4 is 22.6 Å². The van der Waals surface area contributed by atoms with Crippen LogP contribution in [0.15, 0.2) is 23.0 Å². The van der Waals surface area contributed by atoms with Crippen LogP contribution in [-0.2, 0) is 0 Å². The van der Waals surface area contributed by atoms with Gasteiger partial charge in [-0.1, -0.05) is 0 Å². The topological polar surface area (TPSA) is 85.9 Å². The number of H-pyrrole nitrogens is 1. The van der Waals surface area contributed by atoms with Gasteiger partial charge in [0.05, 0.1) is 23.7 Å². The van der Waals surface area contributed by atoms with E-state index in [0.717, 1.165) is 31.3 Å². The van der Waals surface area contributed by atoms with Crippen LogP contribution < -0.4 is 15.1 Å². The van der Waals surface area contributed by atoms with E-state index in [-0.39, 0.29) is 11.1 Å². The summed E-state index contributed by atoms with van der Waals surface area (Å²) in [6.45, 7) is 1.65. The molecule has 0 spiro atoms. The number of carboxylic acid groups (broad SMARTS) is 1. The number of ether oxygens (including phenoxy) is 1. The van der Waals surface area contributed by atoms with Crippen LogP contribution >= 0.6 is 0 Å². The zero-order valence-electron chi connectivity index (χ0n) is 14.0. The molecular weight excluding hydrogens is 310 g/mol. The fourth-order valence-corrected chi connectivity index (χ4v) is 3.17. The Balaban J connectivity index is 2.18. The zero-order chi connectivity index (χ0) is 17.4. The van der Waals surface area contributed by atoms with Crippen molar-refractivity contribution < 1.29 is 14.6 Å². The molecule has 24 heavy (non-hydrogen) atoms. The van der Waals surface area contributed by atoms with E-state index in [0.29, 0.717) is 22.7 Å². The average Bonchev–Trinajstić information content (AvgIpc) is 3.04. The molecule has 1 atom stereocenters. The summed E-state index contributed by atoms with van der Waals surface area (Å²) in [5.74, 6) is -0.567. The molecule has 0 unspecified atom stereocenters. The lowest BCUT2D eigenvalue weighted by atomic mass is 10.1. The van der Waals surface area contributed by atoms with E-state index >= 15 is 0 Å². The number of methoxy groups -OCH3 is 1. The number of hydrogen-bond donors (Lipinski definition) is 2. The number of aromatic nitrogens is 1. The molecule has 3 rings (SSSR count). The lowest BCUT2D eigenvalue weighted by molar-refractivity contribution is 0.0691. The van der Waals surface area contributed by atoms with Crippen molar-refractivity contribution in [3.8, 4) is 5.75 Å². The quantitative estimate of drug-likeness (QED) is 0.880. The number of fused-ring (bicyclic) bond motifs is 1. The number of nitrogens with one attached hydrogen (secondary N) is 1. The smallest absolute Gasteiger partial charge is 0.352 e. The van der Waals surface area contributed by atoms with Crippen molar-refractivity contribution in [3.05, 3.63) is 34.1 Å². The summed E-state index contributed by atoms with van der Waals surface area (Å²) in [7, 11) is 5.64. The second-order valence-corrected chi connectivity index (χ2v) is 6.27. The maximum Gasteiger partial charge on any atom is 0.352 e. The van der Waals surface area contributed by atoms with Gasteiger partial charge in [0.25, 0.3) is 0 Å². The predicted molar refractivity (Wildman–Crippen MR) is 92.4 cm³/mol. The van der Waals surface area contributed by atoms with Crippen molar-refractivity contribution in [2.75, 3.05) is 39.2 Å². The molecule has 2 N–H and O–H groups in total. The maximum absolute atomic E-state index is 12.3. The third-order valence-electron chi connectivity index (χ3n) is 4.59. The normalized spacial score (nSPS) is 17.7. The molecule has 2 aromatic rings. The van der Waals surface area contributed by atoms with E-state index in [1.165, 1.54) is 0 Å². The van der Waals surface area contributed by atoms with Gasteiger partial charge in [0.2, 0.25) is 0 Å².